The lowest BCUT2D eigenvalue weighted by Gasteiger charge is -2.07. The summed E-state index contributed by atoms with van der Waals surface area (Å²) in [5.74, 6) is -0.382. The molecule has 0 radical (unpaired) electrons. The van der Waals surface area contributed by atoms with Crippen LogP contribution in [0, 0.1) is 5.82 Å². The van der Waals surface area contributed by atoms with E-state index in [-0.39, 0.29) is 5.56 Å². The minimum absolute atomic E-state index is 0.150. The number of benzene rings is 1. The average Bonchev–Trinajstić information content (AvgIpc) is 2.16. The molecule has 1 unspecified atom stereocenters. The topological polar surface area (TPSA) is 29.5 Å². The fraction of sp³-hybridized carbons (Fsp3) is 0.333. The first-order valence-corrected chi connectivity index (χ1v) is 3.77. The van der Waals surface area contributed by atoms with Crippen molar-refractivity contribution in [1.29, 1.82) is 0 Å². The van der Waals surface area contributed by atoms with Gasteiger partial charge in [0.25, 0.3) is 0 Å². The largest absolute Gasteiger partial charge is 0.497 e. The average molecular weight is 188 g/mol. The van der Waals surface area contributed by atoms with E-state index in [1.165, 1.54) is 19.2 Å². The number of ether oxygens (including phenoxy) is 1. The first-order valence-electron chi connectivity index (χ1n) is 3.77. The highest BCUT2D eigenvalue weighted by molar-refractivity contribution is 5.30. The molecule has 0 spiro atoms. The molecule has 0 aromatic heterocycles. The summed E-state index contributed by atoms with van der Waals surface area (Å²) in [4.78, 5) is 0. The predicted molar refractivity (Wildman–Crippen MR) is 43.9 cm³/mol. The Morgan fingerprint density at radius 2 is 2.23 bits per heavy atom. The van der Waals surface area contributed by atoms with Crippen LogP contribution in [0.3, 0.4) is 0 Å². The fourth-order valence-electron chi connectivity index (χ4n) is 0.987. The van der Waals surface area contributed by atoms with Gasteiger partial charge in [0, 0.05) is 11.6 Å². The number of aliphatic hydroxyl groups excluding tert-OH is 1. The van der Waals surface area contributed by atoms with E-state index in [4.69, 9.17) is 9.84 Å². The summed E-state index contributed by atoms with van der Waals surface area (Å²) in [7, 11) is 1.40. The summed E-state index contributed by atoms with van der Waals surface area (Å²) < 4.78 is 30.6. The van der Waals surface area contributed by atoms with Crippen molar-refractivity contribution in [1.82, 2.24) is 0 Å². The van der Waals surface area contributed by atoms with E-state index in [0.29, 0.717) is 5.75 Å². The number of hydrogen-bond donors (Lipinski definition) is 1. The monoisotopic (exact) mass is 188 g/mol. The molecule has 2 nitrogen and oxygen atoms in total. The molecular weight excluding hydrogens is 178 g/mol. The van der Waals surface area contributed by atoms with Crippen LogP contribution in [0.4, 0.5) is 8.78 Å². The highest BCUT2D eigenvalue weighted by Crippen LogP contribution is 2.23. The maximum Gasteiger partial charge on any atom is 0.151 e. The van der Waals surface area contributed by atoms with E-state index in [2.05, 4.69) is 0 Å². The zero-order valence-electron chi connectivity index (χ0n) is 7.13. The number of rotatable bonds is 3. The summed E-state index contributed by atoms with van der Waals surface area (Å²) in [6.45, 7) is -0.719. The van der Waals surface area contributed by atoms with Crippen molar-refractivity contribution in [3.63, 3.8) is 0 Å². The molecule has 4 heteroatoms. The SMILES string of the molecule is COc1ccc(C(F)CO)c(F)c1. The van der Waals surface area contributed by atoms with E-state index < -0.39 is 18.6 Å². The van der Waals surface area contributed by atoms with Crippen molar-refractivity contribution >= 4 is 0 Å². The molecule has 0 aliphatic carbocycles. The van der Waals surface area contributed by atoms with Crippen molar-refractivity contribution in [3.8, 4) is 5.75 Å². The Balaban J connectivity index is 2.98. The molecule has 1 atom stereocenters. The highest BCUT2D eigenvalue weighted by atomic mass is 19.1. The molecular formula is C9H10F2O2. The Kier molecular flexibility index (Phi) is 3.19. The van der Waals surface area contributed by atoms with Gasteiger partial charge in [-0.25, -0.2) is 8.78 Å². The van der Waals surface area contributed by atoms with Crippen LogP contribution in [0.15, 0.2) is 18.2 Å². The summed E-state index contributed by atoms with van der Waals surface area (Å²) in [6.07, 6.45) is -1.68. The molecule has 0 fully saturated rings. The molecule has 0 aliphatic rings. The summed E-state index contributed by atoms with van der Waals surface area (Å²) in [6, 6.07) is 3.78. The third-order valence-electron chi connectivity index (χ3n) is 1.71. The summed E-state index contributed by atoms with van der Waals surface area (Å²) >= 11 is 0. The summed E-state index contributed by atoms with van der Waals surface area (Å²) in [5, 5.41) is 8.47. The van der Waals surface area contributed by atoms with Crippen LogP contribution in [-0.2, 0) is 0 Å². The van der Waals surface area contributed by atoms with E-state index >= 15 is 0 Å². The van der Waals surface area contributed by atoms with Gasteiger partial charge in [0.05, 0.1) is 13.7 Å². The van der Waals surface area contributed by atoms with Crippen LogP contribution in [0.25, 0.3) is 0 Å². The first-order chi connectivity index (χ1) is 6.19. The Morgan fingerprint density at radius 3 is 2.69 bits per heavy atom. The molecule has 0 aliphatic heterocycles. The number of methoxy groups -OCH3 is 1. The van der Waals surface area contributed by atoms with Gasteiger partial charge >= 0.3 is 0 Å². The second-order valence-corrected chi connectivity index (χ2v) is 2.54. The number of alkyl halides is 1. The summed E-state index contributed by atoms with van der Waals surface area (Å²) in [5.41, 5.74) is -0.150. The van der Waals surface area contributed by atoms with Gasteiger partial charge in [-0.15, -0.1) is 0 Å². The lowest BCUT2D eigenvalue weighted by Crippen LogP contribution is -2.00. The van der Waals surface area contributed by atoms with E-state index in [1.807, 2.05) is 0 Å². The normalized spacial score (nSPS) is 12.6. The Bertz CT molecular complexity index is 289. The quantitative estimate of drug-likeness (QED) is 0.784. The van der Waals surface area contributed by atoms with Crippen molar-refractivity contribution in [3.05, 3.63) is 29.6 Å². The van der Waals surface area contributed by atoms with Crippen LogP contribution in [0.2, 0.25) is 0 Å². The minimum Gasteiger partial charge on any atom is -0.497 e. The van der Waals surface area contributed by atoms with Gasteiger partial charge in [-0.1, -0.05) is 0 Å². The molecule has 0 heterocycles. The number of aliphatic hydroxyl groups is 1. The zero-order chi connectivity index (χ0) is 9.84. The van der Waals surface area contributed by atoms with Gasteiger partial charge < -0.3 is 9.84 Å². The van der Waals surface area contributed by atoms with Crippen molar-refractivity contribution in [2.45, 2.75) is 6.17 Å². The minimum atomic E-state index is -1.68. The molecule has 0 amide bonds. The Morgan fingerprint density at radius 1 is 1.54 bits per heavy atom. The number of halogens is 2. The molecule has 72 valence electrons. The van der Waals surface area contributed by atoms with Crippen molar-refractivity contribution < 1.29 is 18.6 Å². The van der Waals surface area contributed by atoms with Crippen LogP contribution < -0.4 is 4.74 Å². The maximum absolute atomic E-state index is 13.0. The third-order valence-corrected chi connectivity index (χ3v) is 1.71. The first kappa shape index (κ1) is 9.92. The predicted octanol–water partition coefficient (Wildman–Crippen LogP) is 1.84. The smallest absolute Gasteiger partial charge is 0.151 e. The second-order valence-electron chi connectivity index (χ2n) is 2.54. The van der Waals surface area contributed by atoms with E-state index in [9.17, 15) is 8.78 Å². The van der Waals surface area contributed by atoms with Gasteiger partial charge in [-0.3, -0.25) is 0 Å². The van der Waals surface area contributed by atoms with Crippen LogP contribution in [0.1, 0.15) is 11.7 Å². The number of hydrogen-bond acceptors (Lipinski definition) is 2. The molecule has 0 saturated carbocycles. The molecule has 1 rings (SSSR count). The highest BCUT2D eigenvalue weighted by Gasteiger charge is 2.13. The lowest BCUT2D eigenvalue weighted by atomic mass is 10.1. The van der Waals surface area contributed by atoms with Crippen molar-refractivity contribution in [2.24, 2.45) is 0 Å². The lowest BCUT2D eigenvalue weighted by molar-refractivity contribution is 0.176. The molecule has 1 N–H and O–H groups in total. The Labute approximate surface area is 74.8 Å². The molecule has 1 aromatic carbocycles. The fourth-order valence-corrected chi connectivity index (χ4v) is 0.987. The Hall–Kier alpha value is -1.16. The van der Waals surface area contributed by atoms with Crippen LogP contribution in [0.5, 0.6) is 5.75 Å². The van der Waals surface area contributed by atoms with E-state index in [1.54, 1.807) is 0 Å². The molecule has 13 heavy (non-hydrogen) atoms. The van der Waals surface area contributed by atoms with Gasteiger partial charge in [-0.05, 0) is 12.1 Å². The van der Waals surface area contributed by atoms with Gasteiger partial charge in [0.15, 0.2) is 6.17 Å². The van der Waals surface area contributed by atoms with Gasteiger partial charge in [0.2, 0.25) is 0 Å². The third kappa shape index (κ3) is 2.15. The zero-order valence-corrected chi connectivity index (χ0v) is 7.13. The molecule has 0 saturated heterocycles. The standard InChI is InChI=1S/C9H10F2O2/c1-13-6-2-3-7(8(10)4-6)9(11)5-12/h2-4,9,12H,5H2,1H3. The molecule has 1 aromatic rings. The van der Waals surface area contributed by atoms with Crippen LogP contribution in [-0.4, -0.2) is 18.8 Å². The van der Waals surface area contributed by atoms with Crippen LogP contribution >= 0.6 is 0 Å². The second kappa shape index (κ2) is 4.18. The molecule has 0 bridgehead atoms. The van der Waals surface area contributed by atoms with Gasteiger partial charge in [-0.2, -0.15) is 0 Å². The van der Waals surface area contributed by atoms with E-state index in [0.717, 1.165) is 6.07 Å². The van der Waals surface area contributed by atoms with Gasteiger partial charge in [0.1, 0.15) is 11.6 Å². The van der Waals surface area contributed by atoms with Crippen molar-refractivity contribution in [2.75, 3.05) is 13.7 Å². The maximum atomic E-state index is 13.0.